The van der Waals surface area contributed by atoms with Gasteiger partial charge in [0.05, 0.1) is 11.2 Å². The molecule has 2 aromatic rings. The molecule has 0 saturated carbocycles. The number of piperidine rings is 1. The zero-order valence-corrected chi connectivity index (χ0v) is 14.2. The summed E-state index contributed by atoms with van der Waals surface area (Å²) < 4.78 is 40.8. The summed E-state index contributed by atoms with van der Waals surface area (Å²) >= 11 is 0. The molecule has 5 heteroatoms. The summed E-state index contributed by atoms with van der Waals surface area (Å²) in [4.78, 5) is 2.08. The smallest absolute Gasteiger partial charge is 0.385 e. The first-order valence-corrected chi connectivity index (χ1v) is 8.44. The second-order valence-electron chi connectivity index (χ2n) is 6.83. The number of hydrogen-bond acceptors (Lipinski definition) is 2. The summed E-state index contributed by atoms with van der Waals surface area (Å²) in [6, 6.07) is 13.3. The van der Waals surface area contributed by atoms with Gasteiger partial charge in [0.15, 0.2) is 0 Å². The van der Waals surface area contributed by atoms with Gasteiger partial charge in [-0.1, -0.05) is 42.5 Å². The van der Waals surface area contributed by atoms with Crippen molar-refractivity contribution in [2.45, 2.75) is 31.0 Å². The van der Waals surface area contributed by atoms with Gasteiger partial charge >= 0.3 is 6.18 Å². The van der Waals surface area contributed by atoms with Gasteiger partial charge in [-0.3, -0.25) is 0 Å². The predicted molar refractivity (Wildman–Crippen MR) is 91.3 cm³/mol. The molecule has 1 aliphatic heterocycles. The van der Waals surface area contributed by atoms with Crippen molar-refractivity contribution < 1.29 is 18.3 Å². The largest absolute Gasteiger partial charge is 0.416 e. The van der Waals surface area contributed by atoms with Crippen molar-refractivity contribution in [2.24, 2.45) is 0 Å². The molecule has 1 aliphatic rings. The first-order valence-electron chi connectivity index (χ1n) is 8.44. The van der Waals surface area contributed by atoms with Crippen LogP contribution in [0.1, 0.15) is 35.1 Å². The van der Waals surface area contributed by atoms with E-state index in [-0.39, 0.29) is 12.0 Å². The molecule has 2 nitrogen and oxygen atoms in total. The van der Waals surface area contributed by atoms with E-state index in [1.54, 1.807) is 6.07 Å². The Morgan fingerprint density at radius 3 is 2.24 bits per heavy atom. The van der Waals surface area contributed by atoms with Crippen molar-refractivity contribution in [2.75, 3.05) is 20.1 Å². The van der Waals surface area contributed by atoms with Crippen LogP contribution in [0.3, 0.4) is 0 Å². The Hall–Kier alpha value is -1.85. The number of nitrogens with zero attached hydrogens (tertiary/aromatic N) is 1. The lowest BCUT2D eigenvalue weighted by atomic mass is 9.79. The molecule has 134 valence electrons. The molecule has 0 aromatic heterocycles. The Balaban J connectivity index is 2.08. The number of halogens is 3. The Kier molecular flexibility index (Phi) is 4.89. The molecule has 0 amide bonds. The molecule has 3 rings (SSSR count). The molecule has 0 aliphatic carbocycles. The molecule has 1 heterocycles. The first kappa shape index (κ1) is 18.0. The van der Waals surface area contributed by atoms with Crippen molar-refractivity contribution in [1.82, 2.24) is 4.90 Å². The summed E-state index contributed by atoms with van der Waals surface area (Å²) in [5.41, 5.74) is -0.455. The summed E-state index contributed by atoms with van der Waals surface area (Å²) in [7, 11) is 1.95. The molecule has 0 unspecified atom stereocenters. The minimum absolute atomic E-state index is 0.157. The fraction of sp³-hybridized carbons (Fsp3) is 0.400. The third-order valence-corrected chi connectivity index (χ3v) is 5.02. The van der Waals surface area contributed by atoms with Crippen LogP contribution in [0.4, 0.5) is 13.2 Å². The van der Waals surface area contributed by atoms with Gasteiger partial charge in [-0.15, -0.1) is 0 Å². The van der Waals surface area contributed by atoms with Crippen molar-refractivity contribution in [1.29, 1.82) is 0 Å². The van der Waals surface area contributed by atoms with E-state index >= 15 is 0 Å². The third-order valence-electron chi connectivity index (χ3n) is 5.02. The minimum atomic E-state index is -4.44. The van der Waals surface area contributed by atoms with Gasteiger partial charge < -0.3 is 10.0 Å². The maximum absolute atomic E-state index is 13.6. The lowest BCUT2D eigenvalue weighted by Gasteiger charge is -2.38. The molecule has 25 heavy (non-hydrogen) atoms. The maximum Gasteiger partial charge on any atom is 0.416 e. The average Bonchev–Trinajstić information content (AvgIpc) is 2.58. The molecule has 0 atom stereocenters. The highest BCUT2D eigenvalue weighted by Crippen LogP contribution is 2.41. The van der Waals surface area contributed by atoms with Crippen molar-refractivity contribution in [3.05, 3.63) is 70.8 Å². The van der Waals surface area contributed by atoms with Gasteiger partial charge in [0, 0.05) is 13.1 Å². The number of rotatable bonds is 3. The van der Waals surface area contributed by atoms with Crippen LogP contribution in [0.25, 0.3) is 0 Å². The predicted octanol–water partition coefficient (Wildman–Crippen LogP) is 4.21. The minimum Gasteiger partial charge on any atom is -0.385 e. The number of hydrogen-bond donors (Lipinski definition) is 1. The Labute approximate surface area is 145 Å². The lowest BCUT2D eigenvalue weighted by molar-refractivity contribution is -0.138. The SMILES string of the molecule is CN1CCC(O)(c2cccc(C(F)(F)F)c2Cc2ccccc2)CC1. The fourth-order valence-electron chi connectivity index (χ4n) is 3.54. The van der Waals surface area contributed by atoms with E-state index in [1.807, 2.05) is 37.4 Å². The number of aliphatic hydroxyl groups is 1. The Bertz CT molecular complexity index is 719. The van der Waals surface area contributed by atoms with Crippen LogP contribution < -0.4 is 0 Å². The fourth-order valence-corrected chi connectivity index (χ4v) is 3.54. The first-order chi connectivity index (χ1) is 11.8. The van der Waals surface area contributed by atoms with E-state index in [0.717, 1.165) is 11.6 Å². The monoisotopic (exact) mass is 349 g/mol. The van der Waals surface area contributed by atoms with E-state index in [1.165, 1.54) is 6.07 Å². The van der Waals surface area contributed by atoms with Crippen LogP contribution >= 0.6 is 0 Å². The summed E-state index contributed by atoms with van der Waals surface area (Å²) in [5.74, 6) is 0. The molecule has 2 aromatic carbocycles. The average molecular weight is 349 g/mol. The summed E-state index contributed by atoms with van der Waals surface area (Å²) in [5, 5.41) is 11.1. The summed E-state index contributed by atoms with van der Waals surface area (Å²) in [6.07, 6.45) is -3.41. The molecular formula is C20H22F3NO. The van der Waals surface area contributed by atoms with Crippen LogP contribution in [0.15, 0.2) is 48.5 Å². The zero-order valence-electron chi connectivity index (χ0n) is 14.2. The molecule has 0 radical (unpaired) electrons. The number of likely N-dealkylation sites (tertiary alicyclic amines) is 1. The van der Waals surface area contributed by atoms with Gasteiger partial charge in [-0.2, -0.15) is 13.2 Å². The highest BCUT2D eigenvalue weighted by molar-refractivity contribution is 5.44. The maximum atomic E-state index is 13.6. The van der Waals surface area contributed by atoms with Crippen LogP contribution in [-0.2, 0) is 18.2 Å². The van der Waals surface area contributed by atoms with Gasteiger partial charge in [0.1, 0.15) is 0 Å². The Morgan fingerprint density at radius 1 is 1.00 bits per heavy atom. The number of benzene rings is 2. The quantitative estimate of drug-likeness (QED) is 0.897. The van der Waals surface area contributed by atoms with Crippen molar-refractivity contribution >= 4 is 0 Å². The zero-order chi connectivity index (χ0) is 18.1. The van der Waals surface area contributed by atoms with Gasteiger partial charge in [-0.05, 0) is 49.1 Å². The van der Waals surface area contributed by atoms with E-state index in [2.05, 4.69) is 4.90 Å². The van der Waals surface area contributed by atoms with Crippen LogP contribution in [0, 0.1) is 0 Å². The topological polar surface area (TPSA) is 23.5 Å². The van der Waals surface area contributed by atoms with Gasteiger partial charge in [0.25, 0.3) is 0 Å². The summed E-state index contributed by atoms with van der Waals surface area (Å²) in [6.45, 7) is 1.33. The van der Waals surface area contributed by atoms with E-state index in [0.29, 0.717) is 31.5 Å². The molecule has 1 fully saturated rings. The van der Waals surface area contributed by atoms with Crippen molar-refractivity contribution in [3.63, 3.8) is 0 Å². The molecule has 1 N–H and O–H groups in total. The molecular weight excluding hydrogens is 327 g/mol. The van der Waals surface area contributed by atoms with Crippen LogP contribution in [0.2, 0.25) is 0 Å². The van der Waals surface area contributed by atoms with Crippen LogP contribution in [-0.4, -0.2) is 30.1 Å². The second kappa shape index (κ2) is 6.81. The van der Waals surface area contributed by atoms with E-state index < -0.39 is 17.3 Å². The van der Waals surface area contributed by atoms with E-state index in [4.69, 9.17) is 0 Å². The van der Waals surface area contributed by atoms with Gasteiger partial charge in [-0.25, -0.2) is 0 Å². The highest BCUT2D eigenvalue weighted by atomic mass is 19.4. The van der Waals surface area contributed by atoms with Crippen LogP contribution in [0.5, 0.6) is 0 Å². The standard InChI is InChI=1S/C20H22F3NO/c1-24-12-10-19(25,11-13-24)17-8-5-9-18(20(21,22)23)16(17)14-15-6-3-2-4-7-15/h2-9,25H,10-14H2,1H3. The molecule has 1 saturated heterocycles. The van der Waals surface area contributed by atoms with Gasteiger partial charge in [0.2, 0.25) is 0 Å². The van der Waals surface area contributed by atoms with E-state index in [9.17, 15) is 18.3 Å². The third kappa shape index (κ3) is 3.88. The Morgan fingerprint density at radius 2 is 1.64 bits per heavy atom. The second-order valence-corrected chi connectivity index (χ2v) is 6.83. The number of alkyl halides is 3. The normalized spacial score (nSPS) is 18.3. The molecule has 0 spiro atoms. The lowest BCUT2D eigenvalue weighted by Crippen LogP contribution is -2.41. The highest BCUT2D eigenvalue weighted by Gasteiger charge is 2.40. The van der Waals surface area contributed by atoms with Crippen molar-refractivity contribution in [3.8, 4) is 0 Å². The molecule has 0 bridgehead atoms.